The van der Waals surface area contributed by atoms with E-state index in [0.29, 0.717) is 17.7 Å². The van der Waals surface area contributed by atoms with Crippen molar-refractivity contribution in [2.75, 3.05) is 12.9 Å². The van der Waals surface area contributed by atoms with Crippen LogP contribution in [0, 0.1) is 11.6 Å². The number of halogens is 2. The average molecular weight is 723 g/mol. The summed E-state index contributed by atoms with van der Waals surface area (Å²) in [5, 5.41) is 4.57. The number of imidazole rings is 1. The highest BCUT2D eigenvalue weighted by atomic mass is 32.2. The maximum absolute atomic E-state index is 14.0. The molecule has 1 atom stereocenters. The van der Waals surface area contributed by atoms with E-state index >= 15 is 0 Å². The Hall–Kier alpha value is -4.50. The van der Waals surface area contributed by atoms with Crippen molar-refractivity contribution in [3.8, 4) is 17.3 Å². The monoisotopic (exact) mass is 722 g/mol. The normalized spacial score (nSPS) is 12.7. The highest BCUT2D eigenvalue weighted by Crippen LogP contribution is 2.33. The van der Waals surface area contributed by atoms with E-state index in [9.17, 15) is 22.0 Å². The van der Waals surface area contributed by atoms with Crippen LogP contribution >= 0.6 is 0 Å². The van der Waals surface area contributed by atoms with Crippen molar-refractivity contribution in [3.05, 3.63) is 136 Å². The molecule has 10 nitrogen and oxygen atoms in total. The van der Waals surface area contributed by atoms with E-state index in [1.165, 1.54) is 65.6 Å². The number of aromatic nitrogens is 4. The molecule has 5 aromatic rings. The van der Waals surface area contributed by atoms with E-state index in [2.05, 4.69) is 29.7 Å². The van der Waals surface area contributed by atoms with Crippen molar-refractivity contribution >= 4 is 18.2 Å². The minimum atomic E-state index is -4.06. The van der Waals surface area contributed by atoms with E-state index in [0.717, 1.165) is 17.9 Å². The minimum absolute atomic E-state index is 0.0293. The van der Waals surface area contributed by atoms with Gasteiger partial charge in [-0.2, -0.15) is 13.5 Å². The Labute approximate surface area is 291 Å². The summed E-state index contributed by atoms with van der Waals surface area (Å²) in [6, 6.07) is 21.4. The molecule has 0 amide bonds. The molecule has 264 valence electrons. The van der Waals surface area contributed by atoms with Crippen LogP contribution in [-0.2, 0) is 38.9 Å². The summed E-state index contributed by atoms with van der Waals surface area (Å²) in [5.41, 5.74) is 1.34. The minimum Gasteiger partial charge on any atom is -0.483 e. The molecule has 0 aliphatic carbocycles. The molecular weight excluding hydrogens is 683 g/mol. The molecule has 50 heavy (non-hydrogen) atoms. The zero-order chi connectivity index (χ0) is 35.9. The molecule has 14 heteroatoms. The Balaban J connectivity index is 1.54. The predicted octanol–water partition coefficient (Wildman–Crippen LogP) is 6.45. The molecule has 0 aliphatic heterocycles. The summed E-state index contributed by atoms with van der Waals surface area (Å²) in [7, 11) is -5.42. The van der Waals surface area contributed by atoms with Gasteiger partial charge in [0.15, 0.2) is 17.3 Å². The van der Waals surface area contributed by atoms with Crippen LogP contribution in [0.1, 0.15) is 22.6 Å². The second-order valence-corrected chi connectivity index (χ2v) is 20.4. The van der Waals surface area contributed by atoms with E-state index in [1.54, 1.807) is 10.8 Å². The first-order valence-electron chi connectivity index (χ1n) is 16.0. The van der Waals surface area contributed by atoms with E-state index < -0.39 is 47.3 Å². The molecule has 2 heterocycles. The molecule has 0 spiro atoms. The molecule has 0 saturated carbocycles. The fourth-order valence-corrected chi connectivity index (χ4v) is 6.72. The van der Waals surface area contributed by atoms with Gasteiger partial charge in [-0.25, -0.2) is 18.4 Å². The van der Waals surface area contributed by atoms with Crippen molar-refractivity contribution in [3.63, 3.8) is 0 Å². The molecule has 0 aliphatic rings. The van der Waals surface area contributed by atoms with Gasteiger partial charge >= 0.3 is 0 Å². The van der Waals surface area contributed by atoms with Crippen LogP contribution < -0.4 is 10.2 Å². The third-order valence-corrected chi connectivity index (χ3v) is 10.1. The Bertz CT molecular complexity index is 1990. The zero-order valence-electron chi connectivity index (χ0n) is 28.3. The van der Waals surface area contributed by atoms with Crippen molar-refractivity contribution < 1.29 is 30.9 Å². The lowest BCUT2D eigenvalue weighted by molar-refractivity contribution is 0.0766. The molecule has 2 aromatic heterocycles. The first-order valence-corrected chi connectivity index (χ1v) is 21.5. The number of hydrogen-bond acceptors (Lipinski definition) is 8. The lowest BCUT2D eigenvalue weighted by Crippen LogP contribution is -2.31. The molecule has 0 radical (unpaired) electrons. The maximum Gasteiger partial charge on any atom is 0.264 e. The smallest absolute Gasteiger partial charge is 0.264 e. The quantitative estimate of drug-likeness (QED) is 0.0649. The Kier molecular flexibility index (Phi) is 11.8. The highest BCUT2D eigenvalue weighted by molar-refractivity contribution is 7.86. The molecule has 0 unspecified atom stereocenters. The lowest BCUT2D eigenvalue weighted by atomic mass is 9.86. The van der Waals surface area contributed by atoms with Gasteiger partial charge in [0.05, 0.1) is 19.0 Å². The first kappa shape index (κ1) is 36.8. The number of rotatable bonds is 16. The largest absolute Gasteiger partial charge is 0.483 e. The van der Waals surface area contributed by atoms with Gasteiger partial charge in [0.1, 0.15) is 31.1 Å². The average Bonchev–Trinajstić information content (AvgIpc) is 3.52. The second kappa shape index (κ2) is 16.0. The van der Waals surface area contributed by atoms with Gasteiger partial charge in [0.2, 0.25) is 0 Å². The van der Waals surface area contributed by atoms with Gasteiger partial charge < -0.3 is 14.0 Å². The number of ether oxygens (including phenoxy) is 2. The van der Waals surface area contributed by atoms with Crippen molar-refractivity contribution in [2.45, 2.75) is 57.6 Å². The lowest BCUT2D eigenvalue weighted by Gasteiger charge is -2.28. The second-order valence-electron chi connectivity index (χ2n) is 13.2. The van der Waals surface area contributed by atoms with Crippen LogP contribution in [0.15, 0.2) is 102 Å². The summed E-state index contributed by atoms with van der Waals surface area (Å²) in [6.07, 6.45) is 4.32. The van der Waals surface area contributed by atoms with Gasteiger partial charge in [0.25, 0.3) is 15.5 Å². The van der Waals surface area contributed by atoms with Crippen molar-refractivity contribution in [2.24, 2.45) is 0 Å². The number of benzene rings is 3. The van der Waals surface area contributed by atoms with Crippen LogP contribution in [0.25, 0.3) is 11.5 Å². The first-order chi connectivity index (χ1) is 23.8. The van der Waals surface area contributed by atoms with Gasteiger partial charge in [-0.3, -0.25) is 8.98 Å². The molecule has 5 rings (SSSR count). The maximum atomic E-state index is 14.0. The van der Waals surface area contributed by atoms with Gasteiger partial charge in [0, 0.05) is 33.0 Å². The summed E-state index contributed by atoms with van der Waals surface area (Å²) in [5.74, 6) is -1.60. The number of nitrogens with zero attached hydrogens (tertiary/aromatic N) is 4. The summed E-state index contributed by atoms with van der Waals surface area (Å²) in [4.78, 5) is 18.4. The van der Waals surface area contributed by atoms with Crippen LogP contribution in [-0.4, -0.2) is 54.8 Å². The van der Waals surface area contributed by atoms with Crippen LogP contribution in [0.5, 0.6) is 5.75 Å². The molecule has 3 aromatic carbocycles. The third-order valence-electron chi connectivity index (χ3n) is 7.82. The SMILES string of the molecule is C[Si](C)(C)CCOCn1cc(OCc2ccccc2)c(=O)c(-c2nccn2C[C@H](OS(C)(=O)=O)C(c2ccc(F)cc2)c2ccc(F)cc2)n1. The van der Waals surface area contributed by atoms with Crippen LogP contribution in [0.2, 0.25) is 25.7 Å². The van der Waals surface area contributed by atoms with E-state index in [-0.39, 0.29) is 37.2 Å². The number of hydrogen-bond donors (Lipinski definition) is 0. The molecule has 0 bridgehead atoms. The third kappa shape index (κ3) is 10.3. The Morgan fingerprint density at radius 2 is 1.52 bits per heavy atom. The Morgan fingerprint density at radius 3 is 2.10 bits per heavy atom. The topological polar surface area (TPSA) is 115 Å². The Morgan fingerprint density at radius 1 is 0.900 bits per heavy atom. The molecular formula is C36H40F2N4O6SSi. The van der Waals surface area contributed by atoms with Crippen molar-refractivity contribution in [1.82, 2.24) is 19.3 Å². The van der Waals surface area contributed by atoms with Gasteiger partial charge in [-0.1, -0.05) is 74.2 Å². The molecule has 0 saturated heterocycles. The van der Waals surface area contributed by atoms with Crippen LogP contribution in [0.4, 0.5) is 8.78 Å². The fraction of sp³-hybridized carbons (Fsp3) is 0.306. The predicted molar refractivity (Wildman–Crippen MR) is 189 cm³/mol. The van der Waals surface area contributed by atoms with Crippen molar-refractivity contribution in [1.29, 1.82) is 0 Å². The summed E-state index contributed by atoms with van der Waals surface area (Å²) in [6.45, 7) is 7.32. The summed E-state index contributed by atoms with van der Waals surface area (Å²) < 4.78 is 73.9. The fourth-order valence-electron chi connectivity index (χ4n) is 5.35. The summed E-state index contributed by atoms with van der Waals surface area (Å²) >= 11 is 0. The zero-order valence-corrected chi connectivity index (χ0v) is 30.1. The standard InChI is InChI=1S/C36H40F2N4O6SSi/c1-49(44,45)48-31(33(27-10-14-29(37)15-11-27)28-12-16-30(38)17-13-28)22-41-19-18-39-36(41)34-35(43)32(47-24-26-8-6-5-7-9-26)23-42(40-34)25-46-20-21-50(2,3)4/h5-19,23,31,33H,20-22,24-25H2,1-4H3/t31-/m0/s1. The highest BCUT2D eigenvalue weighted by Gasteiger charge is 2.31. The van der Waals surface area contributed by atoms with Gasteiger partial charge in [-0.15, -0.1) is 0 Å². The van der Waals surface area contributed by atoms with E-state index in [4.69, 9.17) is 13.7 Å². The van der Waals surface area contributed by atoms with E-state index in [1.807, 2.05) is 30.3 Å². The molecule has 0 N–H and O–H groups in total. The van der Waals surface area contributed by atoms with Crippen LogP contribution in [0.3, 0.4) is 0 Å². The van der Waals surface area contributed by atoms with Gasteiger partial charge in [-0.05, 0) is 47.0 Å². The molecule has 0 fully saturated rings.